The molecule has 0 aliphatic carbocycles. The summed E-state index contributed by atoms with van der Waals surface area (Å²) in [6.45, 7) is 2.68. The largest absolute Gasteiger partial charge is 0.462 e. The molecule has 0 unspecified atom stereocenters. The molecule has 0 amide bonds. The van der Waals surface area contributed by atoms with Crippen molar-refractivity contribution in [3.63, 3.8) is 0 Å². The van der Waals surface area contributed by atoms with Crippen molar-refractivity contribution in [1.29, 1.82) is 0 Å². The van der Waals surface area contributed by atoms with Crippen LogP contribution in [0.2, 0.25) is 0 Å². The maximum atomic E-state index is 12.4. The van der Waals surface area contributed by atoms with E-state index in [0.29, 0.717) is 30.2 Å². The molecular weight excluding hydrogens is 324 g/mol. The van der Waals surface area contributed by atoms with Gasteiger partial charge in [0.15, 0.2) is 0 Å². The molecule has 0 saturated heterocycles. The van der Waals surface area contributed by atoms with Crippen molar-refractivity contribution < 1.29 is 9.53 Å². The number of rotatable bonds is 6. The predicted molar refractivity (Wildman–Crippen MR) is 92.2 cm³/mol. The summed E-state index contributed by atoms with van der Waals surface area (Å²) in [7, 11) is 0. The van der Waals surface area contributed by atoms with Gasteiger partial charge in [0.1, 0.15) is 11.4 Å². The molecule has 6 nitrogen and oxygen atoms in total. The number of ether oxygens (including phenoxy) is 1. The van der Waals surface area contributed by atoms with Crippen molar-refractivity contribution in [2.24, 2.45) is 0 Å². The molecule has 122 valence electrons. The highest BCUT2D eigenvalue weighted by molar-refractivity contribution is 7.03. The number of hydrogen-bond acceptors (Lipinski definition) is 6. The van der Waals surface area contributed by atoms with E-state index >= 15 is 0 Å². The van der Waals surface area contributed by atoms with Crippen LogP contribution in [-0.2, 0) is 16.1 Å². The molecule has 0 N–H and O–H groups in total. The van der Waals surface area contributed by atoms with Crippen molar-refractivity contribution in [2.45, 2.75) is 13.5 Å². The quantitative estimate of drug-likeness (QED) is 0.510. The van der Waals surface area contributed by atoms with E-state index in [-0.39, 0.29) is 0 Å². The molecule has 3 aromatic rings. The maximum absolute atomic E-state index is 12.4. The average Bonchev–Trinajstić information content (AvgIpc) is 3.25. The minimum absolute atomic E-state index is 0.297. The number of carbonyl (C=O) groups is 1. The lowest BCUT2D eigenvalue weighted by Crippen LogP contribution is -2.12. The summed E-state index contributed by atoms with van der Waals surface area (Å²) in [4.78, 5) is 16.7. The Balaban J connectivity index is 1.97. The van der Waals surface area contributed by atoms with Crippen LogP contribution in [0.3, 0.4) is 0 Å². The smallest absolute Gasteiger partial charge is 0.341 e. The van der Waals surface area contributed by atoms with Crippen LogP contribution in [0.4, 0.5) is 0 Å². The highest BCUT2D eigenvalue weighted by atomic mass is 32.1. The molecule has 2 aromatic heterocycles. The third-order valence-corrected chi connectivity index (χ3v) is 3.84. The summed E-state index contributed by atoms with van der Waals surface area (Å²) in [5, 5.41) is 5.74. The molecule has 2 heterocycles. The average molecular weight is 340 g/mol. The van der Waals surface area contributed by atoms with Gasteiger partial charge >= 0.3 is 5.97 Å². The summed E-state index contributed by atoms with van der Waals surface area (Å²) in [6.07, 6.45) is 5.17. The second-order valence-corrected chi connectivity index (χ2v) is 5.58. The second-order valence-electron chi connectivity index (χ2n) is 4.97. The van der Waals surface area contributed by atoms with Gasteiger partial charge in [-0.05, 0) is 30.1 Å². The molecule has 0 aliphatic rings. The first-order valence-electron chi connectivity index (χ1n) is 7.49. The van der Waals surface area contributed by atoms with Gasteiger partial charge in [0.25, 0.3) is 0 Å². The number of imidazole rings is 1. The molecule has 0 aliphatic heterocycles. The first kappa shape index (κ1) is 16.1. The van der Waals surface area contributed by atoms with E-state index in [1.807, 2.05) is 41.1 Å². The van der Waals surface area contributed by atoms with Gasteiger partial charge in [0, 0.05) is 24.3 Å². The summed E-state index contributed by atoms with van der Waals surface area (Å²) >= 11 is 1.23. The van der Waals surface area contributed by atoms with E-state index in [2.05, 4.69) is 14.6 Å². The topological polar surface area (TPSA) is 69.9 Å². The standard InChI is InChI=1S/C17H16N4O2S/c1-2-23-17(22)15(10-14-12-24-20-19-14)16-18-8-9-21(16)11-13-6-4-3-5-7-13/h3-10,12H,2,11H2,1H3/b15-10-. The van der Waals surface area contributed by atoms with E-state index in [4.69, 9.17) is 4.74 Å². The van der Waals surface area contributed by atoms with Crippen molar-refractivity contribution in [1.82, 2.24) is 19.1 Å². The fourth-order valence-corrected chi connectivity index (χ4v) is 2.68. The lowest BCUT2D eigenvalue weighted by Gasteiger charge is -2.10. The molecule has 0 fully saturated rings. The summed E-state index contributed by atoms with van der Waals surface area (Å²) < 4.78 is 10.9. The maximum Gasteiger partial charge on any atom is 0.341 e. The highest BCUT2D eigenvalue weighted by Crippen LogP contribution is 2.19. The minimum Gasteiger partial charge on any atom is -0.462 e. The Kier molecular flexibility index (Phi) is 5.12. The van der Waals surface area contributed by atoms with Crippen molar-refractivity contribution in [3.8, 4) is 0 Å². The molecule has 0 atom stereocenters. The normalized spacial score (nSPS) is 11.5. The second kappa shape index (κ2) is 7.65. The number of carbonyl (C=O) groups excluding carboxylic acids is 1. The van der Waals surface area contributed by atoms with Crippen molar-refractivity contribution in [2.75, 3.05) is 6.61 Å². The Bertz CT molecular complexity index is 825. The monoisotopic (exact) mass is 340 g/mol. The number of aromatic nitrogens is 4. The molecular formula is C17H16N4O2S. The van der Waals surface area contributed by atoms with Gasteiger partial charge < -0.3 is 9.30 Å². The van der Waals surface area contributed by atoms with Gasteiger partial charge in [0.2, 0.25) is 0 Å². The fraction of sp³-hybridized carbons (Fsp3) is 0.176. The minimum atomic E-state index is -0.425. The highest BCUT2D eigenvalue weighted by Gasteiger charge is 2.19. The summed E-state index contributed by atoms with van der Waals surface area (Å²) in [5.74, 6) is 0.122. The van der Waals surface area contributed by atoms with Gasteiger partial charge in [-0.1, -0.05) is 34.8 Å². The van der Waals surface area contributed by atoms with E-state index in [0.717, 1.165) is 5.56 Å². The molecule has 3 rings (SSSR count). The van der Waals surface area contributed by atoms with Crippen LogP contribution in [0.25, 0.3) is 11.6 Å². The molecule has 0 radical (unpaired) electrons. The van der Waals surface area contributed by atoms with Gasteiger partial charge in [-0.3, -0.25) is 0 Å². The van der Waals surface area contributed by atoms with E-state index < -0.39 is 5.97 Å². The Hall–Kier alpha value is -2.80. The molecule has 7 heteroatoms. The third kappa shape index (κ3) is 3.75. The molecule has 24 heavy (non-hydrogen) atoms. The van der Waals surface area contributed by atoms with E-state index in [1.54, 1.807) is 24.6 Å². The van der Waals surface area contributed by atoms with E-state index in [9.17, 15) is 4.79 Å². The summed E-state index contributed by atoms with van der Waals surface area (Å²) in [5.41, 5.74) is 2.10. The SMILES string of the molecule is CCOC(=O)/C(=C\c1csnn1)c1nccn1Cc1ccccc1. The van der Waals surface area contributed by atoms with Gasteiger partial charge in [-0.2, -0.15) is 0 Å². The zero-order valence-corrected chi connectivity index (χ0v) is 13.9. The van der Waals surface area contributed by atoms with Crippen LogP contribution >= 0.6 is 11.5 Å². The fourth-order valence-electron chi connectivity index (χ4n) is 2.27. The molecule has 0 bridgehead atoms. The van der Waals surface area contributed by atoms with Crippen LogP contribution in [0, 0.1) is 0 Å². The first-order chi connectivity index (χ1) is 11.8. The zero-order valence-electron chi connectivity index (χ0n) is 13.1. The van der Waals surface area contributed by atoms with Gasteiger partial charge in [0.05, 0.1) is 12.3 Å². The zero-order chi connectivity index (χ0) is 16.8. The summed E-state index contributed by atoms with van der Waals surface area (Å²) in [6, 6.07) is 9.99. The van der Waals surface area contributed by atoms with E-state index in [1.165, 1.54) is 11.5 Å². The van der Waals surface area contributed by atoms with Crippen molar-refractivity contribution >= 4 is 29.2 Å². The first-order valence-corrected chi connectivity index (χ1v) is 8.33. The van der Waals surface area contributed by atoms with Crippen LogP contribution in [-0.4, -0.2) is 31.7 Å². The number of benzene rings is 1. The molecule has 1 aromatic carbocycles. The lowest BCUT2D eigenvalue weighted by atomic mass is 10.2. The molecule has 0 saturated carbocycles. The number of esters is 1. The Morgan fingerprint density at radius 1 is 1.33 bits per heavy atom. The van der Waals surface area contributed by atoms with Crippen LogP contribution in [0.5, 0.6) is 0 Å². The van der Waals surface area contributed by atoms with Gasteiger partial charge in [-0.25, -0.2) is 9.78 Å². The van der Waals surface area contributed by atoms with Crippen LogP contribution in [0.15, 0.2) is 48.1 Å². The van der Waals surface area contributed by atoms with Gasteiger partial charge in [-0.15, -0.1) is 5.10 Å². The number of nitrogens with zero attached hydrogens (tertiary/aromatic N) is 4. The van der Waals surface area contributed by atoms with Crippen molar-refractivity contribution in [3.05, 3.63) is 65.2 Å². The third-order valence-electron chi connectivity index (χ3n) is 3.32. The van der Waals surface area contributed by atoms with Crippen LogP contribution < -0.4 is 0 Å². The number of hydrogen-bond donors (Lipinski definition) is 0. The Morgan fingerprint density at radius 3 is 2.88 bits per heavy atom. The molecule has 0 spiro atoms. The van der Waals surface area contributed by atoms with Crippen LogP contribution in [0.1, 0.15) is 24.0 Å². The Morgan fingerprint density at radius 2 is 2.17 bits per heavy atom. The Labute approximate surface area is 143 Å². The predicted octanol–water partition coefficient (Wildman–Crippen LogP) is 2.89. The lowest BCUT2D eigenvalue weighted by molar-refractivity contribution is -0.136.